The number of thioether (sulfide) groups is 1. The van der Waals surface area contributed by atoms with Crippen molar-refractivity contribution in [2.24, 2.45) is 5.10 Å². The molecule has 0 aliphatic carbocycles. The topological polar surface area (TPSA) is 102 Å². The van der Waals surface area contributed by atoms with Gasteiger partial charge in [-0.1, -0.05) is 58.0 Å². The van der Waals surface area contributed by atoms with Gasteiger partial charge in [-0.05, 0) is 48.0 Å². The van der Waals surface area contributed by atoms with E-state index in [2.05, 4.69) is 36.7 Å². The number of carbonyl (C=O) groups excluding carboxylic acids is 1. The first-order valence-corrected chi connectivity index (χ1v) is 11.9. The van der Waals surface area contributed by atoms with E-state index in [4.69, 9.17) is 4.74 Å². The van der Waals surface area contributed by atoms with E-state index in [1.54, 1.807) is 12.1 Å². The lowest BCUT2D eigenvalue weighted by molar-refractivity contribution is -0.118. The third kappa shape index (κ3) is 5.64. The van der Waals surface area contributed by atoms with Gasteiger partial charge in [0.2, 0.25) is 0 Å². The number of amides is 1. The molecular weight excluding hydrogens is 518 g/mol. The summed E-state index contributed by atoms with van der Waals surface area (Å²) in [7, 11) is 1.46. The van der Waals surface area contributed by atoms with Gasteiger partial charge in [0.15, 0.2) is 22.5 Å². The fourth-order valence-corrected chi connectivity index (χ4v) is 4.08. The molecule has 1 heterocycles. The van der Waals surface area contributed by atoms with Crippen LogP contribution >= 0.6 is 27.7 Å². The van der Waals surface area contributed by atoms with Crippen LogP contribution in [0.4, 0.5) is 0 Å². The molecule has 0 aliphatic heterocycles. The molecule has 8 nitrogen and oxygen atoms in total. The maximum atomic E-state index is 12.4. The second-order valence-corrected chi connectivity index (χ2v) is 8.86. The quantitative estimate of drug-likeness (QED) is 0.192. The lowest BCUT2D eigenvalue weighted by Gasteiger charge is -2.10. The molecular formula is C24H20BrN5O3S. The largest absolute Gasteiger partial charge is 0.504 e. The van der Waals surface area contributed by atoms with Gasteiger partial charge in [0, 0.05) is 15.7 Å². The average Bonchev–Trinajstić information content (AvgIpc) is 3.28. The molecule has 10 heteroatoms. The molecule has 0 unspecified atom stereocenters. The highest BCUT2D eigenvalue weighted by molar-refractivity contribution is 9.10. The van der Waals surface area contributed by atoms with Crippen molar-refractivity contribution in [3.63, 3.8) is 0 Å². The third-order valence-corrected chi connectivity index (χ3v) is 6.15. The summed E-state index contributed by atoms with van der Waals surface area (Å²) in [5, 5.41) is 22.9. The Hall–Kier alpha value is -3.63. The van der Waals surface area contributed by atoms with E-state index in [1.165, 1.54) is 31.2 Å². The summed E-state index contributed by atoms with van der Waals surface area (Å²) in [5.41, 5.74) is 4.98. The lowest BCUT2D eigenvalue weighted by atomic mass is 10.2. The van der Waals surface area contributed by atoms with E-state index in [0.29, 0.717) is 22.3 Å². The van der Waals surface area contributed by atoms with Crippen molar-refractivity contribution in [2.45, 2.75) is 5.16 Å². The number of nitrogens with one attached hydrogen (secondary N) is 1. The number of aromatic hydroxyl groups is 1. The predicted molar refractivity (Wildman–Crippen MR) is 136 cm³/mol. The first kappa shape index (κ1) is 23.5. The molecule has 0 saturated heterocycles. The Morgan fingerprint density at radius 1 is 1.15 bits per heavy atom. The van der Waals surface area contributed by atoms with Crippen LogP contribution < -0.4 is 10.2 Å². The Labute approximate surface area is 208 Å². The number of benzene rings is 3. The Morgan fingerprint density at radius 3 is 2.65 bits per heavy atom. The van der Waals surface area contributed by atoms with Crippen LogP contribution in [-0.2, 0) is 4.79 Å². The second-order valence-electron chi connectivity index (χ2n) is 7.00. The number of phenols is 1. The van der Waals surface area contributed by atoms with Gasteiger partial charge in [0.25, 0.3) is 5.91 Å². The summed E-state index contributed by atoms with van der Waals surface area (Å²) in [4.78, 5) is 12.4. The molecule has 0 saturated carbocycles. The van der Waals surface area contributed by atoms with E-state index in [9.17, 15) is 9.90 Å². The molecule has 4 aromatic rings. The van der Waals surface area contributed by atoms with Crippen molar-refractivity contribution in [1.29, 1.82) is 0 Å². The second kappa shape index (κ2) is 11.0. The minimum Gasteiger partial charge on any atom is -0.504 e. The zero-order valence-corrected chi connectivity index (χ0v) is 20.5. The van der Waals surface area contributed by atoms with Crippen molar-refractivity contribution in [1.82, 2.24) is 20.2 Å². The van der Waals surface area contributed by atoms with Crippen molar-refractivity contribution >= 4 is 39.8 Å². The van der Waals surface area contributed by atoms with Gasteiger partial charge >= 0.3 is 0 Å². The maximum Gasteiger partial charge on any atom is 0.250 e. The van der Waals surface area contributed by atoms with E-state index >= 15 is 0 Å². The molecule has 1 amide bonds. The van der Waals surface area contributed by atoms with Crippen molar-refractivity contribution in [2.75, 3.05) is 12.9 Å². The summed E-state index contributed by atoms with van der Waals surface area (Å²) >= 11 is 4.72. The zero-order valence-electron chi connectivity index (χ0n) is 18.1. The minimum absolute atomic E-state index is 0.0325. The van der Waals surface area contributed by atoms with Gasteiger partial charge < -0.3 is 9.84 Å². The molecule has 0 spiro atoms. The Bertz CT molecular complexity index is 1310. The molecule has 0 fully saturated rings. The van der Waals surface area contributed by atoms with Crippen molar-refractivity contribution in [3.05, 3.63) is 82.8 Å². The number of aromatic nitrogens is 3. The minimum atomic E-state index is -0.292. The van der Waals surface area contributed by atoms with E-state index in [1.807, 2.05) is 59.2 Å². The number of hydrogen-bond acceptors (Lipinski definition) is 7. The number of carbonyl (C=O) groups is 1. The standard InChI is InChI=1S/C24H20BrN5O3S/c1-33-21-13-16(7-12-20(21)31)14-26-27-22(32)15-34-24-29-28-23(17-8-10-18(25)11-9-17)30(24)19-5-3-2-4-6-19/h2-14,31H,15H2,1H3,(H,27,32). The fraction of sp³-hybridized carbons (Fsp3) is 0.0833. The molecule has 1 aromatic heterocycles. The van der Waals surface area contributed by atoms with Crippen LogP contribution in [0.1, 0.15) is 5.56 Å². The number of rotatable bonds is 8. The van der Waals surface area contributed by atoms with Crippen LogP contribution in [0, 0.1) is 0 Å². The number of halogens is 1. The molecule has 172 valence electrons. The first-order valence-electron chi connectivity index (χ1n) is 10.1. The van der Waals surface area contributed by atoms with Gasteiger partial charge in [-0.3, -0.25) is 9.36 Å². The molecule has 3 aromatic carbocycles. The molecule has 2 N–H and O–H groups in total. The van der Waals surface area contributed by atoms with Crippen LogP contribution in [-0.4, -0.2) is 44.9 Å². The van der Waals surface area contributed by atoms with Gasteiger partial charge in [0.05, 0.1) is 19.1 Å². The number of phenolic OH excluding ortho intramolecular Hbond substituents is 1. The Morgan fingerprint density at radius 2 is 1.91 bits per heavy atom. The summed E-state index contributed by atoms with van der Waals surface area (Å²) in [6.45, 7) is 0. The van der Waals surface area contributed by atoms with Crippen LogP contribution in [0.5, 0.6) is 11.5 Å². The predicted octanol–water partition coefficient (Wildman–Crippen LogP) is 4.65. The molecule has 34 heavy (non-hydrogen) atoms. The number of methoxy groups -OCH3 is 1. The van der Waals surface area contributed by atoms with Gasteiger partial charge in [0.1, 0.15) is 0 Å². The monoisotopic (exact) mass is 537 g/mol. The number of hydrazone groups is 1. The third-order valence-electron chi connectivity index (χ3n) is 4.69. The van der Waals surface area contributed by atoms with E-state index in [-0.39, 0.29) is 17.4 Å². The first-order chi connectivity index (χ1) is 16.5. The van der Waals surface area contributed by atoms with Crippen LogP contribution in [0.3, 0.4) is 0 Å². The molecule has 0 aliphatic rings. The SMILES string of the molecule is COc1cc(C=NNC(=O)CSc2nnc(-c3ccc(Br)cc3)n2-c2ccccc2)ccc1O. The summed E-state index contributed by atoms with van der Waals surface area (Å²) in [6.07, 6.45) is 1.47. The molecule has 0 atom stereocenters. The highest BCUT2D eigenvalue weighted by Gasteiger charge is 2.17. The summed E-state index contributed by atoms with van der Waals surface area (Å²) in [6, 6.07) is 22.3. The molecule has 4 rings (SSSR count). The Kier molecular flexibility index (Phi) is 7.61. The molecule has 0 bridgehead atoms. The number of para-hydroxylation sites is 1. The fourth-order valence-electron chi connectivity index (χ4n) is 3.07. The van der Waals surface area contributed by atoms with Gasteiger partial charge in [-0.25, -0.2) is 5.43 Å². The van der Waals surface area contributed by atoms with Crippen LogP contribution in [0.25, 0.3) is 17.1 Å². The number of ether oxygens (including phenoxy) is 1. The van der Waals surface area contributed by atoms with Crippen LogP contribution in [0.15, 0.2) is 87.5 Å². The highest BCUT2D eigenvalue weighted by Crippen LogP contribution is 2.29. The normalized spacial score (nSPS) is 11.0. The molecule has 0 radical (unpaired) electrons. The number of hydrogen-bond donors (Lipinski definition) is 2. The summed E-state index contributed by atoms with van der Waals surface area (Å²) < 4.78 is 7.96. The van der Waals surface area contributed by atoms with Crippen LogP contribution in [0.2, 0.25) is 0 Å². The van der Waals surface area contributed by atoms with E-state index in [0.717, 1.165) is 15.7 Å². The Balaban J connectivity index is 1.47. The maximum absolute atomic E-state index is 12.4. The van der Waals surface area contributed by atoms with Gasteiger partial charge in [-0.15, -0.1) is 10.2 Å². The summed E-state index contributed by atoms with van der Waals surface area (Å²) in [5.74, 6) is 0.847. The van der Waals surface area contributed by atoms with Crippen molar-refractivity contribution in [3.8, 4) is 28.6 Å². The highest BCUT2D eigenvalue weighted by atomic mass is 79.9. The van der Waals surface area contributed by atoms with Crippen molar-refractivity contribution < 1.29 is 14.6 Å². The van der Waals surface area contributed by atoms with Gasteiger partial charge in [-0.2, -0.15) is 5.10 Å². The average molecular weight is 538 g/mol. The smallest absolute Gasteiger partial charge is 0.250 e. The lowest BCUT2D eigenvalue weighted by Crippen LogP contribution is -2.20. The van der Waals surface area contributed by atoms with E-state index < -0.39 is 0 Å². The number of nitrogens with zero attached hydrogens (tertiary/aromatic N) is 4. The zero-order chi connectivity index (χ0) is 23.9.